The average Bonchev–Trinajstić information content (AvgIpc) is 2.64. The average molecular weight is 473 g/mol. The van der Waals surface area contributed by atoms with E-state index in [-0.39, 0.29) is 24.0 Å². The third-order valence-corrected chi connectivity index (χ3v) is 4.99. The smallest absolute Gasteiger partial charge is 0.188 e. The molecule has 1 saturated heterocycles. The molecule has 2 aliphatic heterocycles. The van der Waals surface area contributed by atoms with Crippen LogP contribution in [-0.2, 0) is 17.7 Å². The maximum absolute atomic E-state index is 6.00. The number of halogens is 1. The Balaban J connectivity index is 0.00000243. The van der Waals surface area contributed by atoms with Gasteiger partial charge in [0.2, 0.25) is 0 Å². The van der Waals surface area contributed by atoms with Crippen LogP contribution in [0.3, 0.4) is 0 Å². The maximum atomic E-state index is 6.00. The van der Waals surface area contributed by atoms with Crippen LogP contribution in [0.25, 0.3) is 0 Å². The minimum absolute atomic E-state index is 0. The maximum Gasteiger partial charge on any atom is 0.188 e. The number of nitrogens with two attached hydrogens (primary N) is 1. The zero-order chi connectivity index (χ0) is 17.5. The SMILES string of the molecule is CN1CCCc2cc(CN=C(N)NCCCN3CCOCC3)ccc21.I. The molecular weight excluding hydrogens is 441 g/mol. The lowest BCUT2D eigenvalue weighted by molar-refractivity contribution is 0.0376. The van der Waals surface area contributed by atoms with Gasteiger partial charge in [-0.2, -0.15) is 0 Å². The van der Waals surface area contributed by atoms with E-state index in [1.54, 1.807) is 0 Å². The predicted molar refractivity (Wildman–Crippen MR) is 119 cm³/mol. The highest BCUT2D eigenvalue weighted by Crippen LogP contribution is 2.26. The molecule has 1 aromatic rings. The first-order chi connectivity index (χ1) is 12.2. The number of hydrogen-bond donors (Lipinski definition) is 2. The Kier molecular flexibility index (Phi) is 8.94. The van der Waals surface area contributed by atoms with Crippen molar-refractivity contribution < 1.29 is 4.74 Å². The second-order valence-electron chi connectivity index (χ2n) is 6.92. The summed E-state index contributed by atoms with van der Waals surface area (Å²) in [5.41, 5.74) is 10.0. The summed E-state index contributed by atoms with van der Waals surface area (Å²) in [5, 5.41) is 3.22. The Bertz CT molecular complexity index is 589. The lowest BCUT2D eigenvalue weighted by Crippen LogP contribution is -2.39. The van der Waals surface area contributed by atoms with E-state index in [0.29, 0.717) is 12.5 Å². The molecule has 1 fully saturated rings. The molecule has 0 atom stereocenters. The summed E-state index contributed by atoms with van der Waals surface area (Å²) in [6.45, 7) is 7.52. The molecule has 0 aliphatic carbocycles. The minimum atomic E-state index is 0. The number of guanidine groups is 1. The molecule has 0 bridgehead atoms. The fraction of sp³-hybridized carbons (Fsp3) is 0.632. The van der Waals surface area contributed by atoms with Crippen LogP contribution in [0.2, 0.25) is 0 Å². The summed E-state index contributed by atoms with van der Waals surface area (Å²) in [5.74, 6) is 0.539. The lowest BCUT2D eigenvalue weighted by atomic mass is 10.00. The number of ether oxygens (including phenoxy) is 1. The van der Waals surface area contributed by atoms with Crippen molar-refractivity contribution in [1.82, 2.24) is 10.2 Å². The number of aryl methyl sites for hydroxylation is 1. The zero-order valence-electron chi connectivity index (χ0n) is 15.7. The molecule has 2 heterocycles. The second-order valence-corrected chi connectivity index (χ2v) is 6.92. The molecular formula is C19H32IN5O. The number of nitrogens with one attached hydrogen (secondary N) is 1. The number of fused-ring (bicyclic) bond motifs is 1. The van der Waals surface area contributed by atoms with Gasteiger partial charge < -0.3 is 20.7 Å². The largest absolute Gasteiger partial charge is 0.379 e. The van der Waals surface area contributed by atoms with E-state index in [9.17, 15) is 0 Å². The number of morpholine rings is 1. The predicted octanol–water partition coefficient (Wildman–Crippen LogP) is 1.81. The van der Waals surface area contributed by atoms with E-state index in [0.717, 1.165) is 58.8 Å². The Morgan fingerprint density at radius 2 is 2.08 bits per heavy atom. The molecule has 26 heavy (non-hydrogen) atoms. The van der Waals surface area contributed by atoms with Crippen LogP contribution in [0.5, 0.6) is 0 Å². The van der Waals surface area contributed by atoms with Crippen molar-refractivity contribution in [3.63, 3.8) is 0 Å². The number of rotatable bonds is 6. The van der Waals surface area contributed by atoms with Gasteiger partial charge in [-0.05, 0) is 43.0 Å². The highest BCUT2D eigenvalue weighted by atomic mass is 127. The first-order valence-electron chi connectivity index (χ1n) is 9.39. The van der Waals surface area contributed by atoms with Gasteiger partial charge in [-0.15, -0.1) is 24.0 Å². The highest BCUT2D eigenvalue weighted by Gasteiger charge is 2.13. The summed E-state index contributed by atoms with van der Waals surface area (Å²) in [7, 11) is 2.16. The van der Waals surface area contributed by atoms with Crippen LogP contribution >= 0.6 is 24.0 Å². The number of aliphatic imine (C=N–C) groups is 1. The van der Waals surface area contributed by atoms with Crippen molar-refractivity contribution in [2.75, 3.05) is 57.9 Å². The van der Waals surface area contributed by atoms with E-state index < -0.39 is 0 Å². The van der Waals surface area contributed by atoms with Crippen molar-refractivity contribution in [2.45, 2.75) is 25.8 Å². The summed E-state index contributed by atoms with van der Waals surface area (Å²) in [4.78, 5) is 9.25. The molecule has 146 valence electrons. The Hall–Kier alpha value is -1.06. The minimum Gasteiger partial charge on any atom is -0.379 e. The number of hydrogen-bond acceptors (Lipinski definition) is 4. The molecule has 3 N–H and O–H groups in total. The van der Waals surface area contributed by atoms with Crippen LogP contribution in [0, 0.1) is 0 Å². The van der Waals surface area contributed by atoms with Gasteiger partial charge in [0.1, 0.15) is 0 Å². The molecule has 0 amide bonds. The van der Waals surface area contributed by atoms with Crippen molar-refractivity contribution in [1.29, 1.82) is 0 Å². The third kappa shape index (κ3) is 6.28. The molecule has 0 aromatic heterocycles. The monoisotopic (exact) mass is 473 g/mol. The summed E-state index contributed by atoms with van der Waals surface area (Å²) < 4.78 is 5.36. The van der Waals surface area contributed by atoms with Crippen LogP contribution in [0.1, 0.15) is 24.0 Å². The Morgan fingerprint density at radius 1 is 1.27 bits per heavy atom. The lowest BCUT2D eigenvalue weighted by Gasteiger charge is -2.27. The molecule has 0 radical (unpaired) electrons. The summed E-state index contributed by atoms with van der Waals surface area (Å²) in [6, 6.07) is 6.65. The van der Waals surface area contributed by atoms with E-state index in [2.05, 4.69) is 45.4 Å². The second kappa shape index (κ2) is 10.9. The van der Waals surface area contributed by atoms with Gasteiger partial charge in [0.25, 0.3) is 0 Å². The first kappa shape index (κ1) is 21.2. The first-order valence-corrected chi connectivity index (χ1v) is 9.39. The van der Waals surface area contributed by atoms with E-state index in [1.807, 2.05) is 0 Å². The quantitative estimate of drug-likeness (QED) is 0.286. The van der Waals surface area contributed by atoms with Gasteiger partial charge >= 0.3 is 0 Å². The molecule has 7 heteroatoms. The van der Waals surface area contributed by atoms with Gasteiger partial charge in [0, 0.05) is 38.9 Å². The number of benzene rings is 1. The summed E-state index contributed by atoms with van der Waals surface area (Å²) >= 11 is 0. The van der Waals surface area contributed by atoms with Crippen molar-refractivity contribution in [3.05, 3.63) is 29.3 Å². The molecule has 0 spiro atoms. The third-order valence-electron chi connectivity index (χ3n) is 4.99. The van der Waals surface area contributed by atoms with Gasteiger partial charge in [0.05, 0.1) is 19.8 Å². The van der Waals surface area contributed by atoms with Gasteiger partial charge in [0.15, 0.2) is 5.96 Å². The fourth-order valence-corrected chi connectivity index (χ4v) is 3.51. The summed E-state index contributed by atoms with van der Waals surface area (Å²) in [6.07, 6.45) is 3.46. The molecule has 0 saturated carbocycles. The van der Waals surface area contributed by atoms with Crippen LogP contribution in [0.15, 0.2) is 23.2 Å². The van der Waals surface area contributed by atoms with E-state index in [1.165, 1.54) is 23.2 Å². The van der Waals surface area contributed by atoms with Crippen LogP contribution < -0.4 is 16.0 Å². The van der Waals surface area contributed by atoms with Gasteiger partial charge in [-0.3, -0.25) is 4.90 Å². The standard InChI is InChI=1S/C19H31N5O.HI/c1-23-8-2-4-17-14-16(5-6-18(17)23)15-22-19(20)21-7-3-9-24-10-12-25-13-11-24;/h5-6,14H,2-4,7-13,15H2,1H3,(H3,20,21,22);1H. The number of anilines is 1. The van der Waals surface area contributed by atoms with Gasteiger partial charge in [-0.1, -0.05) is 12.1 Å². The van der Waals surface area contributed by atoms with Gasteiger partial charge in [-0.25, -0.2) is 4.99 Å². The van der Waals surface area contributed by atoms with Crippen molar-refractivity contribution >= 4 is 35.6 Å². The van der Waals surface area contributed by atoms with E-state index in [4.69, 9.17) is 10.5 Å². The molecule has 6 nitrogen and oxygen atoms in total. The van der Waals surface area contributed by atoms with Crippen LogP contribution in [-0.4, -0.2) is 63.8 Å². The molecule has 3 rings (SSSR count). The molecule has 0 unspecified atom stereocenters. The highest BCUT2D eigenvalue weighted by molar-refractivity contribution is 14.0. The number of nitrogens with zero attached hydrogens (tertiary/aromatic N) is 3. The molecule has 2 aliphatic rings. The normalized spacial score (nSPS) is 18.2. The topological polar surface area (TPSA) is 66.1 Å². The molecule has 1 aromatic carbocycles. The van der Waals surface area contributed by atoms with Crippen molar-refractivity contribution in [3.8, 4) is 0 Å². The Labute approximate surface area is 174 Å². The fourth-order valence-electron chi connectivity index (χ4n) is 3.51. The Morgan fingerprint density at radius 3 is 2.88 bits per heavy atom. The van der Waals surface area contributed by atoms with E-state index >= 15 is 0 Å². The van der Waals surface area contributed by atoms with Crippen molar-refractivity contribution in [2.24, 2.45) is 10.7 Å². The van der Waals surface area contributed by atoms with Crippen LogP contribution in [0.4, 0.5) is 5.69 Å². The zero-order valence-corrected chi connectivity index (χ0v) is 18.1.